The van der Waals surface area contributed by atoms with Crippen LogP contribution in [0.15, 0.2) is 0 Å². The lowest BCUT2D eigenvalue weighted by atomic mass is 10.3. The predicted molar refractivity (Wildman–Crippen MR) is 64.9 cm³/mol. The molecule has 1 rings (SSSR count). The highest BCUT2D eigenvalue weighted by Crippen LogP contribution is 2.13. The Morgan fingerprint density at radius 3 is 2.69 bits per heavy atom. The summed E-state index contributed by atoms with van der Waals surface area (Å²) in [4.78, 5) is 13.7. The number of hydrogen-bond acceptors (Lipinski definition) is 6. The van der Waals surface area contributed by atoms with Crippen LogP contribution in [0.3, 0.4) is 0 Å². The van der Waals surface area contributed by atoms with Gasteiger partial charge in [0.25, 0.3) is 5.91 Å². The number of nitrogens with zero attached hydrogens (tertiary/aromatic N) is 3. The van der Waals surface area contributed by atoms with Crippen molar-refractivity contribution in [2.75, 3.05) is 33.0 Å². The van der Waals surface area contributed by atoms with Crippen LogP contribution in [0.2, 0.25) is 0 Å². The summed E-state index contributed by atoms with van der Waals surface area (Å²) in [5.74, 6) is -0.173. The summed E-state index contributed by atoms with van der Waals surface area (Å²) >= 11 is 1.24. The van der Waals surface area contributed by atoms with Gasteiger partial charge >= 0.3 is 0 Å². The normalized spacial score (nSPS) is 12.6. The predicted octanol–water partition coefficient (Wildman–Crippen LogP) is 0.260. The number of aromatic nitrogens is 2. The molecule has 1 aromatic heterocycles. The first kappa shape index (κ1) is 12.9. The Labute approximate surface area is 99.1 Å². The molecule has 0 fully saturated rings. The van der Waals surface area contributed by atoms with E-state index in [4.69, 9.17) is 0 Å². The standard InChI is InChI=1S/C9H17N5OS/c1-6(14(3)4)5-11-7(15)8-12-13-9(10-2)16-8/h6H,5H2,1-4H3,(H,10,13)(H,11,15). The molecule has 0 saturated carbocycles. The minimum Gasteiger partial charge on any atom is -0.363 e. The van der Waals surface area contributed by atoms with Gasteiger partial charge in [0.2, 0.25) is 10.1 Å². The van der Waals surface area contributed by atoms with Gasteiger partial charge in [-0.3, -0.25) is 4.79 Å². The van der Waals surface area contributed by atoms with Gasteiger partial charge in [0.1, 0.15) is 0 Å². The zero-order valence-corrected chi connectivity index (χ0v) is 10.8. The fourth-order valence-corrected chi connectivity index (χ4v) is 1.53. The second kappa shape index (κ2) is 5.76. The summed E-state index contributed by atoms with van der Waals surface area (Å²) < 4.78 is 0. The Bertz CT molecular complexity index is 351. The molecule has 2 N–H and O–H groups in total. The third-order valence-corrected chi connectivity index (χ3v) is 3.21. The molecule has 0 spiro atoms. The van der Waals surface area contributed by atoms with Crippen molar-refractivity contribution in [1.82, 2.24) is 20.4 Å². The first-order valence-electron chi connectivity index (χ1n) is 5.00. The lowest BCUT2D eigenvalue weighted by molar-refractivity contribution is 0.0942. The fourth-order valence-electron chi connectivity index (χ4n) is 0.915. The van der Waals surface area contributed by atoms with E-state index in [9.17, 15) is 4.79 Å². The molecular weight excluding hydrogens is 226 g/mol. The van der Waals surface area contributed by atoms with Crippen molar-refractivity contribution in [2.24, 2.45) is 0 Å². The van der Waals surface area contributed by atoms with Crippen LogP contribution in [0.4, 0.5) is 5.13 Å². The van der Waals surface area contributed by atoms with Crippen LogP contribution >= 0.6 is 11.3 Å². The number of carbonyl (C=O) groups is 1. The largest absolute Gasteiger partial charge is 0.363 e. The summed E-state index contributed by atoms with van der Waals surface area (Å²) in [6.07, 6.45) is 0. The summed E-state index contributed by atoms with van der Waals surface area (Å²) in [6, 6.07) is 0.292. The average molecular weight is 243 g/mol. The van der Waals surface area contributed by atoms with Crippen LogP contribution in [0.5, 0.6) is 0 Å². The molecule has 0 radical (unpaired) electrons. The van der Waals surface area contributed by atoms with Crippen molar-refractivity contribution < 1.29 is 4.79 Å². The fraction of sp³-hybridized carbons (Fsp3) is 0.667. The first-order chi connectivity index (χ1) is 7.54. The molecule has 0 saturated heterocycles. The average Bonchev–Trinajstić information content (AvgIpc) is 2.73. The number of amides is 1. The van der Waals surface area contributed by atoms with Crippen LogP contribution in [-0.2, 0) is 0 Å². The lowest BCUT2D eigenvalue weighted by Crippen LogP contribution is -2.38. The van der Waals surface area contributed by atoms with E-state index in [1.807, 2.05) is 25.9 Å². The SMILES string of the molecule is CNc1nnc(C(=O)NCC(C)N(C)C)s1. The maximum atomic E-state index is 11.7. The second-order valence-corrected chi connectivity index (χ2v) is 4.66. The van der Waals surface area contributed by atoms with E-state index in [2.05, 4.69) is 20.8 Å². The molecule has 7 heteroatoms. The van der Waals surface area contributed by atoms with E-state index >= 15 is 0 Å². The van der Waals surface area contributed by atoms with Crippen LogP contribution in [0.1, 0.15) is 16.7 Å². The van der Waals surface area contributed by atoms with Crippen LogP contribution in [-0.4, -0.2) is 54.7 Å². The van der Waals surface area contributed by atoms with Crippen molar-refractivity contribution >= 4 is 22.4 Å². The Morgan fingerprint density at radius 2 is 2.19 bits per heavy atom. The third kappa shape index (κ3) is 3.42. The Hall–Kier alpha value is -1.21. The van der Waals surface area contributed by atoms with E-state index in [0.29, 0.717) is 22.7 Å². The molecule has 0 aliphatic carbocycles. The number of anilines is 1. The molecular formula is C9H17N5OS. The topological polar surface area (TPSA) is 70.1 Å². The Morgan fingerprint density at radius 1 is 1.50 bits per heavy atom. The summed E-state index contributed by atoms with van der Waals surface area (Å²) in [7, 11) is 5.69. The summed E-state index contributed by atoms with van der Waals surface area (Å²) in [6.45, 7) is 2.64. The zero-order chi connectivity index (χ0) is 12.1. The van der Waals surface area contributed by atoms with Gasteiger partial charge in [0.15, 0.2) is 0 Å². The maximum Gasteiger partial charge on any atom is 0.282 e. The third-order valence-electron chi connectivity index (χ3n) is 2.27. The summed E-state index contributed by atoms with van der Waals surface area (Å²) in [5, 5.41) is 14.3. The van der Waals surface area contributed by atoms with Crippen molar-refractivity contribution in [3.8, 4) is 0 Å². The van der Waals surface area contributed by atoms with Crippen LogP contribution in [0, 0.1) is 0 Å². The molecule has 6 nitrogen and oxygen atoms in total. The summed E-state index contributed by atoms with van der Waals surface area (Å²) in [5.41, 5.74) is 0. The first-order valence-corrected chi connectivity index (χ1v) is 5.82. The van der Waals surface area contributed by atoms with Gasteiger partial charge in [-0.1, -0.05) is 11.3 Å². The van der Waals surface area contributed by atoms with E-state index in [1.54, 1.807) is 7.05 Å². The Kier molecular flexibility index (Phi) is 4.63. The number of hydrogen-bond donors (Lipinski definition) is 2. The van der Waals surface area contributed by atoms with Gasteiger partial charge in [-0.05, 0) is 21.0 Å². The van der Waals surface area contributed by atoms with E-state index < -0.39 is 0 Å². The molecule has 0 aliphatic rings. The van der Waals surface area contributed by atoms with Crippen molar-refractivity contribution in [3.63, 3.8) is 0 Å². The maximum absolute atomic E-state index is 11.7. The molecule has 1 amide bonds. The highest BCUT2D eigenvalue weighted by atomic mass is 32.1. The van der Waals surface area contributed by atoms with Gasteiger partial charge in [-0.2, -0.15) is 0 Å². The minimum absolute atomic E-state index is 0.173. The molecule has 16 heavy (non-hydrogen) atoms. The smallest absolute Gasteiger partial charge is 0.282 e. The molecule has 1 aromatic rings. The molecule has 0 aliphatic heterocycles. The van der Waals surface area contributed by atoms with Gasteiger partial charge in [0, 0.05) is 19.6 Å². The lowest BCUT2D eigenvalue weighted by Gasteiger charge is -2.19. The van der Waals surface area contributed by atoms with Gasteiger partial charge < -0.3 is 15.5 Å². The highest BCUT2D eigenvalue weighted by Gasteiger charge is 2.13. The van der Waals surface area contributed by atoms with Crippen molar-refractivity contribution in [3.05, 3.63) is 5.01 Å². The quantitative estimate of drug-likeness (QED) is 0.776. The van der Waals surface area contributed by atoms with E-state index in [-0.39, 0.29) is 5.91 Å². The molecule has 1 atom stereocenters. The van der Waals surface area contributed by atoms with Gasteiger partial charge in [-0.15, -0.1) is 10.2 Å². The molecule has 1 heterocycles. The zero-order valence-electron chi connectivity index (χ0n) is 9.94. The van der Waals surface area contributed by atoms with Crippen LogP contribution in [0.25, 0.3) is 0 Å². The van der Waals surface area contributed by atoms with Crippen molar-refractivity contribution in [1.29, 1.82) is 0 Å². The molecule has 90 valence electrons. The van der Waals surface area contributed by atoms with E-state index in [0.717, 1.165) is 0 Å². The number of carbonyl (C=O) groups excluding carboxylic acids is 1. The molecule has 0 bridgehead atoms. The number of rotatable bonds is 5. The minimum atomic E-state index is -0.173. The van der Waals surface area contributed by atoms with Crippen LogP contribution < -0.4 is 10.6 Å². The highest BCUT2D eigenvalue weighted by molar-refractivity contribution is 7.17. The van der Waals surface area contributed by atoms with E-state index in [1.165, 1.54) is 11.3 Å². The second-order valence-electron chi connectivity index (χ2n) is 3.69. The number of likely N-dealkylation sites (N-methyl/N-ethyl adjacent to an activating group) is 1. The Balaban J connectivity index is 2.46. The van der Waals surface area contributed by atoms with Gasteiger partial charge in [0.05, 0.1) is 0 Å². The monoisotopic (exact) mass is 243 g/mol. The molecule has 0 aromatic carbocycles. The van der Waals surface area contributed by atoms with Crippen molar-refractivity contribution in [2.45, 2.75) is 13.0 Å². The molecule has 1 unspecified atom stereocenters. The number of nitrogens with one attached hydrogen (secondary N) is 2. The van der Waals surface area contributed by atoms with Gasteiger partial charge in [-0.25, -0.2) is 0 Å².